The first kappa shape index (κ1) is 28.0. The lowest BCUT2D eigenvalue weighted by Gasteiger charge is -2.47. The Bertz CT molecular complexity index is 1420. The molecule has 13 heteroatoms. The van der Waals surface area contributed by atoms with Gasteiger partial charge in [0.25, 0.3) is 0 Å². The van der Waals surface area contributed by atoms with Crippen LogP contribution in [0, 0.1) is 6.92 Å². The van der Waals surface area contributed by atoms with Crippen LogP contribution in [0.25, 0.3) is 0 Å². The molecule has 3 saturated heterocycles. The molecule has 0 spiro atoms. The molecule has 0 unspecified atom stereocenters. The molecule has 0 bridgehead atoms. The van der Waals surface area contributed by atoms with Crippen molar-refractivity contribution in [2.45, 2.75) is 64.7 Å². The van der Waals surface area contributed by atoms with Crippen molar-refractivity contribution in [2.24, 2.45) is 0 Å². The van der Waals surface area contributed by atoms with Crippen LogP contribution in [-0.2, 0) is 21.2 Å². The van der Waals surface area contributed by atoms with E-state index in [1.165, 1.54) is 6.33 Å². The van der Waals surface area contributed by atoms with Crippen LogP contribution in [0.1, 0.15) is 57.9 Å². The lowest BCUT2D eigenvalue weighted by Crippen LogP contribution is -2.62. The van der Waals surface area contributed by atoms with E-state index in [-0.39, 0.29) is 25.6 Å². The molecule has 0 radical (unpaired) electrons. The Kier molecular flexibility index (Phi) is 7.21. The molecule has 0 saturated carbocycles. The van der Waals surface area contributed by atoms with Gasteiger partial charge in [-0.1, -0.05) is 0 Å². The third kappa shape index (κ3) is 5.92. The number of ether oxygens (including phenoxy) is 2. The molecule has 41 heavy (non-hydrogen) atoms. The molecular formula is C28H41N7O5S. The maximum Gasteiger partial charge on any atom is 0.410 e. The molecule has 0 aromatic carbocycles. The van der Waals surface area contributed by atoms with Gasteiger partial charge < -0.3 is 24.6 Å². The summed E-state index contributed by atoms with van der Waals surface area (Å²) < 4.78 is 35.6. The topological polar surface area (TPSA) is 130 Å². The summed E-state index contributed by atoms with van der Waals surface area (Å²) in [6.07, 6.45) is 3.28. The first-order chi connectivity index (χ1) is 19.5. The lowest BCUT2D eigenvalue weighted by atomic mass is 9.91. The highest BCUT2D eigenvalue weighted by Gasteiger charge is 2.38. The molecule has 0 atom stereocenters. The van der Waals surface area contributed by atoms with Crippen molar-refractivity contribution >= 4 is 33.3 Å². The standard InChI is InChI=1S/C28H39N7O5S.H2/c1-18-24-23(32-25-21(16-39-24)26(30-17-29-25)34-9-11-41(37,38)12-10-34)13-22(31-18)19-5-7-33(8-6-19)20-14-35(15-20)27(36)40-28(2,3)4;/h13,17,19-20H,5-12,14-16H2,1-4H3,(H,29,30,32);1H. The van der Waals surface area contributed by atoms with Gasteiger partial charge in [0, 0.05) is 45.3 Å². The van der Waals surface area contributed by atoms with E-state index in [0.29, 0.717) is 55.5 Å². The van der Waals surface area contributed by atoms with E-state index in [1.807, 2.05) is 32.6 Å². The van der Waals surface area contributed by atoms with E-state index >= 15 is 0 Å². The molecule has 4 aliphatic rings. The Labute approximate surface area is 242 Å². The summed E-state index contributed by atoms with van der Waals surface area (Å²) in [6, 6.07) is 2.46. The highest BCUT2D eigenvalue weighted by atomic mass is 32.2. The highest BCUT2D eigenvalue weighted by Crippen LogP contribution is 2.40. The fourth-order valence-corrected chi connectivity index (χ4v) is 7.20. The molecule has 6 rings (SSSR count). The number of aryl methyl sites for hydroxylation is 1. The maximum atomic E-state index is 12.3. The van der Waals surface area contributed by atoms with Gasteiger partial charge in [0.1, 0.15) is 30.2 Å². The van der Waals surface area contributed by atoms with Crippen LogP contribution in [0.15, 0.2) is 12.4 Å². The predicted molar refractivity (Wildman–Crippen MR) is 157 cm³/mol. The zero-order valence-corrected chi connectivity index (χ0v) is 25.0. The molecule has 2 aromatic heterocycles. The largest absolute Gasteiger partial charge is 0.485 e. The van der Waals surface area contributed by atoms with Gasteiger partial charge in [-0.15, -0.1) is 0 Å². The first-order valence-corrected chi connectivity index (χ1v) is 16.2. The molecule has 2 aromatic rings. The summed E-state index contributed by atoms with van der Waals surface area (Å²) in [7, 11) is -3.00. The van der Waals surface area contributed by atoms with Gasteiger partial charge in [0.2, 0.25) is 0 Å². The zero-order valence-electron chi connectivity index (χ0n) is 24.2. The van der Waals surface area contributed by atoms with Gasteiger partial charge >= 0.3 is 6.09 Å². The Morgan fingerprint density at radius 2 is 1.83 bits per heavy atom. The summed E-state index contributed by atoms with van der Waals surface area (Å²) in [4.78, 5) is 32.5. The number of carbonyl (C=O) groups is 1. The molecule has 1 N–H and O–H groups in total. The minimum absolute atomic E-state index is 0. The number of amides is 1. The Hall–Kier alpha value is -3.19. The minimum Gasteiger partial charge on any atom is -0.485 e. The van der Waals surface area contributed by atoms with E-state index < -0.39 is 15.4 Å². The molecule has 1 amide bonds. The van der Waals surface area contributed by atoms with Crippen LogP contribution in [0.3, 0.4) is 0 Å². The van der Waals surface area contributed by atoms with E-state index in [1.54, 1.807) is 4.90 Å². The fraction of sp³-hybridized carbons (Fsp3) is 0.643. The number of rotatable bonds is 3. The van der Waals surface area contributed by atoms with Gasteiger partial charge in [-0.3, -0.25) is 9.88 Å². The number of aromatic nitrogens is 3. The minimum atomic E-state index is -3.00. The molecule has 6 heterocycles. The SMILES string of the molecule is Cc1nc(C2CCN(C3CN(C(=O)OC(C)(C)C)C3)CC2)cc2c1OCc1c(ncnc1N1CCS(=O)(=O)CC1)N2.[HH]. The average molecular weight is 588 g/mol. The van der Waals surface area contributed by atoms with Crippen molar-refractivity contribution in [1.82, 2.24) is 24.8 Å². The van der Waals surface area contributed by atoms with Crippen molar-refractivity contribution in [3.05, 3.63) is 29.3 Å². The second-order valence-electron chi connectivity index (χ2n) is 12.4. The average Bonchev–Trinajstić information content (AvgIpc) is 3.07. The second kappa shape index (κ2) is 10.6. The third-order valence-electron chi connectivity index (χ3n) is 8.32. The van der Waals surface area contributed by atoms with Crippen LogP contribution >= 0.6 is 0 Å². The number of pyridine rings is 1. The molecule has 4 aliphatic heterocycles. The number of piperidine rings is 1. The molecule has 3 fully saturated rings. The lowest BCUT2D eigenvalue weighted by molar-refractivity contribution is -0.0197. The van der Waals surface area contributed by atoms with E-state index in [4.69, 9.17) is 14.5 Å². The van der Waals surface area contributed by atoms with E-state index in [9.17, 15) is 13.2 Å². The monoisotopic (exact) mass is 587 g/mol. The van der Waals surface area contributed by atoms with E-state index in [0.717, 1.165) is 48.6 Å². The van der Waals surface area contributed by atoms with Crippen LogP contribution in [0.4, 0.5) is 22.1 Å². The Morgan fingerprint density at radius 3 is 2.51 bits per heavy atom. The fourth-order valence-electron chi connectivity index (χ4n) is 6.00. The predicted octanol–water partition coefficient (Wildman–Crippen LogP) is 3.10. The third-order valence-corrected chi connectivity index (χ3v) is 9.93. The van der Waals surface area contributed by atoms with Crippen LogP contribution in [0.5, 0.6) is 5.75 Å². The van der Waals surface area contributed by atoms with Gasteiger partial charge in [-0.25, -0.2) is 23.2 Å². The number of fused-ring (bicyclic) bond motifs is 2. The number of anilines is 3. The van der Waals surface area contributed by atoms with Crippen LogP contribution in [-0.4, -0.2) is 102 Å². The number of likely N-dealkylation sites (tertiary alicyclic amines) is 2. The van der Waals surface area contributed by atoms with Crippen molar-refractivity contribution in [2.75, 3.05) is 61.0 Å². The Balaban J connectivity index is 0.00000353. The smallest absolute Gasteiger partial charge is 0.410 e. The Morgan fingerprint density at radius 1 is 1.12 bits per heavy atom. The van der Waals surface area contributed by atoms with Crippen molar-refractivity contribution in [1.29, 1.82) is 0 Å². The number of carbonyl (C=O) groups excluding carboxylic acids is 1. The van der Waals surface area contributed by atoms with Crippen LogP contribution in [0.2, 0.25) is 0 Å². The van der Waals surface area contributed by atoms with Crippen molar-refractivity contribution < 1.29 is 24.1 Å². The number of hydrogen-bond donors (Lipinski definition) is 1. The van der Waals surface area contributed by atoms with Gasteiger partial charge in [0.15, 0.2) is 15.6 Å². The number of nitrogens with one attached hydrogen (secondary N) is 1. The van der Waals surface area contributed by atoms with Gasteiger partial charge in [-0.2, -0.15) is 0 Å². The summed E-state index contributed by atoms with van der Waals surface area (Å²) in [5.41, 5.74) is 3.05. The molecule has 224 valence electrons. The van der Waals surface area contributed by atoms with Crippen LogP contribution < -0.4 is 15.0 Å². The summed E-state index contributed by atoms with van der Waals surface area (Å²) in [5, 5.41) is 3.48. The quantitative estimate of drug-likeness (QED) is 0.569. The number of sulfone groups is 1. The highest BCUT2D eigenvalue weighted by molar-refractivity contribution is 7.91. The second-order valence-corrected chi connectivity index (χ2v) is 14.7. The van der Waals surface area contributed by atoms with Crippen molar-refractivity contribution in [3.63, 3.8) is 0 Å². The van der Waals surface area contributed by atoms with Gasteiger partial charge in [0.05, 0.1) is 28.5 Å². The summed E-state index contributed by atoms with van der Waals surface area (Å²) in [6.45, 7) is 12.1. The molecule has 0 aliphatic carbocycles. The first-order valence-electron chi connectivity index (χ1n) is 14.4. The maximum absolute atomic E-state index is 12.3. The molecular weight excluding hydrogens is 546 g/mol. The number of hydrogen-bond acceptors (Lipinski definition) is 11. The summed E-state index contributed by atoms with van der Waals surface area (Å²) in [5.74, 6) is 2.66. The molecule has 12 nitrogen and oxygen atoms in total. The number of nitrogens with zero attached hydrogens (tertiary/aromatic N) is 6. The zero-order chi connectivity index (χ0) is 28.9. The van der Waals surface area contributed by atoms with E-state index in [2.05, 4.69) is 26.3 Å². The van der Waals surface area contributed by atoms with Gasteiger partial charge in [-0.05, 0) is 59.7 Å². The van der Waals surface area contributed by atoms with Crippen molar-refractivity contribution in [3.8, 4) is 5.75 Å². The normalized spacial score (nSPS) is 21.6. The summed E-state index contributed by atoms with van der Waals surface area (Å²) >= 11 is 0.